The Bertz CT molecular complexity index is 1450. The van der Waals surface area contributed by atoms with Crippen molar-refractivity contribution in [3.05, 3.63) is 76.4 Å². The highest BCUT2D eigenvalue weighted by Crippen LogP contribution is 2.36. The van der Waals surface area contributed by atoms with Crippen LogP contribution >= 0.6 is 0 Å². The molecule has 5 rings (SSSR count). The van der Waals surface area contributed by atoms with E-state index in [0.717, 1.165) is 11.1 Å². The summed E-state index contributed by atoms with van der Waals surface area (Å²) in [6.07, 6.45) is 1.20. The van der Waals surface area contributed by atoms with Gasteiger partial charge < -0.3 is 29.3 Å². The van der Waals surface area contributed by atoms with Crippen molar-refractivity contribution in [2.75, 3.05) is 46.4 Å². The molecule has 0 aliphatic carbocycles. The molecule has 2 aromatic carbocycles. The normalized spacial score (nSPS) is 19.0. The summed E-state index contributed by atoms with van der Waals surface area (Å²) >= 11 is 0. The number of nitrogens with one attached hydrogen (secondary N) is 1. The number of carbonyl (C=O) groups is 3. The van der Waals surface area contributed by atoms with Gasteiger partial charge in [0.1, 0.15) is 35.2 Å². The number of amides is 2. The van der Waals surface area contributed by atoms with Crippen molar-refractivity contribution >= 4 is 18.3 Å². The maximum absolute atomic E-state index is 13.8. The average molecular weight is 611 g/mol. The molecule has 1 aromatic heterocycles. The number of methoxy groups -OCH3 is 1. The summed E-state index contributed by atoms with van der Waals surface area (Å²) in [6, 6.07) is 12.4. The van der Waals surface area contributed by atoms with E-state index in [-0.39, 0.29) is 35.9 Å². The fourth-order valence-electron chi connectivity index (χ4n) is 5.84. The molecule has 3 heterocycles. The number of carboxylic acid groups (broad SMARTS) is 1. The number of ether oxygens (including phenoxy) is 2. The lowest BCUT2D eigenvalue weighted by atomic mass is 9.88. The van der Waals surface area contributed by atoms with E-state index in [1.165, 1.54) is 19.2 Å². The molecule has 1 fully saturated rings. The van der Waals surface area contributed by atoms with E-state index in [1.807, 2.05) is 31.2 Å². The molecule has 2 N–H and O–H groups in total. The van der Waals surface area contributed by atoms with Crippen molar-refractivity contribution in [1.82, 2.24) is 20.3 Å². The first kappa shape index (κ1) is 32.5. The minimum atomic E-state index is -0.348. The van der Waals surface area contributed by atoms with Crippen molar-refractivity contribution in [3.8, 4) is 11.5 Å². The van der Waals surface area contributed by atoms with Crippen LogP contribution in [0.2, 0.25) is 0 Å². The van der Waals surface area contributed by atoms with Gasteiger partial charge in [0, 0.05) is 50.3 Å². The molecule has 2 aliphatic rings. The Kier molecular flexibility index (Phi) is 11.3. The van der Waals surface area contributed by atoms with Gasteiger partial charge in [-0.1, -0.05) is 30.3 Å². The highest BCUT2D eigenvalue weighted by atomic mass is 19.1. The van der Waals surface area contributed by atoms with E-state index in [1.54, 1.807) is 17.9 Å². The number of likely N-dealkylation sites (tertiary alicyclic amines) is 1. The van der Waals surface area contributed by atoms with Crippen molar-refractivity contribution in [2.24, 2.45) is 5.92 Å². The van der Waals surface area contributed by atoms with Crippen LogP contribution < -0.4 is 14.8 Å². The maximum Gasteiger partial charge on any atom is 0.290 e. The quantitative estimate of drug-likeness (QED) is 0.415. The van der Waals surface area contributed by atoms with Gasteiger partial charge in [-0.3, -0.25) is 19.3 Å². The molecular weight excluding hydrogens is 571 g/mol. The highest BCUT2D eigenvalue weighted by molar-refractivity contribution is 5.96. The van der Waals surface area contributed by atoms with Crippen molar-refractivity contribution in [2.45, 2.75) is 39.2 Å². The SMILES string of the molecule is CCc1noc(C)c1C(=O)N1CCCNC(=O)[C@H]2CN(Cc3ccc(F)cc3OC)C[C@@H]2c2cccc(c2)OCC1.O=CO. The minimum Gasteiger partial charge on any atom is -0.496 e. The summed E-state index contributed by atoms with van der Waals surface area (Å²) in [7, 11) is 1.53. The number of nitrogens with zero attached hydrogens (tertiary/aromatic N) is 3. The Morgan fingerprint density at radius 1 is 1.20 bits per heavy atom. The van der Waals surface area contributed by atoms with E-state index in [2.05, 4.69) is 15.4 Å². The number of aryl methyl sites for hydroxylation is 2. The van der Waals surface area contributed by atoms with E-state index < -0.39 is 0 Å². The van der Waals surface area contributed by atoms with Crippen LogP contribution in [0.15, 0.2) is 47.0 Å². The summed E-state index contributed by atoms with van der Waals surface area (Å²) < 4.78 is 30.6. The van der Waals surface area contributed by atoms with Crippen LogP contribution in [0.3, 0.4) is 0 Å². The average Bonchev–Trinajstić information content (AvgIpc) is 3.62. The van der Waals surface area contributed by atoms with Gasteiger partial charge in [0.25, 0.3) is 12.4 Å². The van der Waals surface area contributed by atoms with Gasteiger partial charge >= 0.3 is 0 Å². The van der Waals surface area contributed by atoms with Crippen molar-refractivity contribution in [1.29, 1.82) is 0 Å². The molecule has 236 valence electrons. The van der Waals surface area contributed by atoms with E-state index in [0.29, 0.717) is 87.2 Å². The van der Waals surface area contributed by atoms with E-state index >= 15 is 0 Å². The van der Waals surface area contributed by atoms with Crippen LogP contribution in [0, 0.1) is 18.7 Å². The number of rotatable bonds is 5. The Balaban J connectivity index is 0.00000141. The molecule has 1 saturated heterocycles. The molecule has 0 radical (unpaired) electrons. The van der Waals surface area contributed by atoms with E-state index in [9.17, 15) is 14.0 Å². The predicted molar refractivity (Wildman–Crippen MR) is 159 cm³/mol. The summed E-state index contributed by atoms with van der Waals surface area (Å²) in [5.41, 5.74) is 3.04. The molecule has 44 heavy (non-hydrogen) atoms. The Labute approximate surface area is 255 Å². The number of halogens is 1. The van der Waals surface area contributed by atoms with Crippen molar-refractivity contribution in [3.63, 3.8) is 0 Å². The molecule has 3 aromatic rings. The van der Waals surface area contributed by atoms with Crippen LogP contribution in [-0.2, 0) is 22.6 Å². The molecule has 0 saturated carbocycles. The largest absolute Gasteiger partial charge is 0.496 e. The predicted octanol–water partition coefficient (Wildman–Crippen LogP) is 3.65. The third kappa shape index (κ3) is 7.73. The van der Waals surface area contributed by atoms with E-state index in [4.69, 9.17) is 23.9 Å². The van der Waals surface area contributed by atoms with Gasteiger partial charge in [0.05, 0.1) is 25.3 Å². The molecule has 11 nitrogen and oxygen atoms in total. The zero-order valence-electron chi connectivity index (χ0n) is 25.3. The number of hydrogen-bond donors (Lipinski definition) is 2. The first-order chi connectivity index (χ1) is 21.3. The zero-order valence-corrected chi connectivity index (χ0v) is 25.3. The van der Waals surface area contributed by atoms with Gasteiger partial charge in [-0.15, -0.1) is 0 Å². The van der Waals surface area contributed by atoms with Crippen molar-refractivity contribution < 1.29 is 37.9 Å². The molecule has 2 amide bonds. The maximum atomic E-state index is 13.8. The van der Waals surface area contributed by atoms with Gasteiger partial charge in [-0.2, -0.15) is 0 Å². The molecule has 2 bridgehead atoms. The highest BCUT2D eigenvalue weighted by Gasteiger charge is 2.39. The number of aromatic nitrogens is 1. The molecular formula is C32H39FN4O7. The summed E-state index contributed by atoms with van der Waals surface area (Å²) in [5.74, 6) is 0.878. The first-order valence-electron chi connectivity index (χ1n) is 14.7. The second-order valence-electron chi connectivity index (χ2n) is 10.7. The fraction of sp³-hybridized carbons (Fsp3) is 0.438. The number of carbonyl (C=O) groups excluding carboxylic acids is 2. The van der Waals surface area contributed by atoms with Crippen LogP contribution in [0.4, 0.5) is 4.39 Å². The monoisotopic (exact) mass is 610 g/mol. The second-order valence-corrected chi connectivity index (χ2v) is 10.7. The molecule has 12 heteroatoms. The molecule has 0 unspecified atom stereocenters. The summed E-state index contributed by atoms with van der Waals surface area (Å²) in [6.45, 7) is 6.83. The lowest BCUT2D eigenvalue weighted by Gasteiger charge is -2.25. The Hall–Kier alpha value is -4.45. The van der Waals surface area contributed by atoms with Gasteiger partial charge in [0.15, 0.2) is 0 Å². The fourth-order valence-corrected chi connectivity index (χ4v) is 5.84. The van der Waals surface area contributed by atoms with Crippen LogP contribution in [0.25, 0.3) is 0 Å². The smallest absolute Gasteiger partial charge is 0.290 e. The van der Waals surface area contributed by atoms with Crippen LogP contribution in [-0.4, -0.2) is 84.8 Å². The van der Waals surface area contributed by atoms with Gasteiger partial charge in [-0.25, -0.2) is 4.39 Å². The topological polar surface area (TPSA) is 134 Å². The van der Waals surface area contributed by atoms with Crippen LogP contribution in [0.5, 0.6) is 11.5 Å². The Morgan fingerprint density at radius 3 is 2.73 bits per heavy atom. The van der Waals surface area contributed by atoms with Gasteiger partial charge in [0.2, 0.25) is 5.91 Å². The third-order valence-electron chi connectivity index (χ3n) is 7.96. The standard InChI is InChI=1S/C31H37FN4O5.CH2O2/c1-4-27-29(20(2)41-34-27)31(38)36-12-6-11-33-30(37)26-19-35(17-22-9-10-23(32)16-28(22)39-3)18-25(26)21-7-5-8-24(15-21)40-14-13-36;2-1-3/h5,7-10,15-16,25-26H,4,6,11-14,17-19H2,1-3H3,(H,33,37);1H,(H,2,3)/t25-,26+;/m1./s1. The summed E-state index contributed by atoms with van der Waals surface area (Å²) in [5, 5.41) is 14.0. The molecule has 0 spiro atoms. The third-order valence-corrected chi connectivity index (χ3v) is 7.96. The number of fused-ring (bicyclic) bond motifs is 4. The lowest BCUT2D eigenvalue weighted by molar-refractivity contribution is -0.125. The second kappa shape index (κ2) is 15.3. The van der Waals surface area contributed by atoms with Gasteiger partial charge in [-0.05, 0) is 43.5 Å². The zero-order chi connectivity index (χ0) is 31.6. The number of hydrogen-bond acceptors (Lipinski definition) is 8. The molecule has 2 aliphatic heterocycles. The first-order valence-corrected chi connectivity index (χ1v) is 14.7. The lowest BCUT2D eigenvalue weighted by Crippen LogP contribution is -2.39. The molecule has 2 atom stereocenters. The minimum absolute atomic E-state index is 0.0204. The Morgan fingerprint density at radius 2 is 1.98 bits per heavy atom. The number of benzene rings is 2. The van der Waals surface area contributed by atoms with Crippen LogP contribution in [0.1, 0.15) is 52.2 Å². The summed E-state index contributed by atoms with van der Waals surface area (Å²) in [4.78, 5) is 39.3.